The van der Waals surface area contributed by atoms with Crippen LogP contribution in [0.4, 0.5) is 21.9 Å². The van der Waals surface area contributed by atoms with E-state index >= 15 is 0 Å². The van der Waals surface area contributed by atoms with Gasteiger partial charge >= 0.3 is 6.03 Å². The minimum Gasteiger partial charge on any atom is -0.497 e. The van der Waals surface area contributed by atoms with Crippen molar-refractivity contribution in [2.75, 3.05) is 55.9 Å². The molecule has 0 unspecified atom stereocenters. The number of ether oxygens (including phenoxy) is 2. The number of rotatable bonds is 5. The van der Waals surface area contributed by atoms with Gasteiger partial charge in [0.2, 0.25) is 5.91 Å². The normalized spacial score (nSPS) is 13.6. The fourth-order valence-corrected chi connectivity index (χ4v) is 3.24. The van der Waals surface area contributed by atoms with Crippen molar-refractivity contribution in [1.82, 2.24) is 4.90 Å². The second-order valence-corrected chi connectivity index (χ2v) is 6.70. The van der Waals surface area contributed by atoms with Crippen LogP contribution >= 0.6 is 0 Å². The third kappa shape index (κ3) is 5.10. The lowest BCUT2D eigenvalue weighted by atomic mass is 10.2. The second kappa shape index (κ2) is 9.18. The maximum absolute atomic E-state index is 12.6. The minimum absolute atomic E-state index is 0.132. The van der Waals surface area contributed by atoms with Crippen molar-refractivity contribution >= 4 is 29.0 Å². The van der Waals surface area contributed by atoms with E-state index in [-0.39, 0.29) is 11.9 Å². The van der Waals surface area contributed by atoms with Crippen molar-refractivity contribution in [2.24, 2.45) is 0 Å². The minimum atomic E-state index is -0.144. The molecule has 0 atom stereocenters. The molecule has 3 amide bonds. The lowest BCUT2D eigenvalue weighted by molar-refractivity contribution is -0.114. The van der Waals surface area contributed by atoms with Crippen LogP contribution in [0.25, 0.3) is 0 Å². The maximum Gasteiger partial charge on any atom is 0.321 e. The maximum atomic E-state index is 12.6. The molecule has 0 saturated carbocycles. The Balaban J connectivity index is 1.58. The van der Waals surface area contributed by atoms with Gasteiger partial charge in [-0.25, -0.2) is 4.79 Å². The lowest BCUT2D eigenvalue weighted by Gasteiger charge is -2.36. The average molecular weight is 398 g/mol. The van der Waals surface area contributed by atoms with E-state index in [4.69, 9.17) is 9.47 Å². The molecule has 0 aliphatic carbocycles. The summed E-state index contributed by atoms with van der Waals surface area (Å²) in [5.74, 6) is 1.42. The van der Waals surface area contributed by atoms with E-state index in [9.17, 15) is 9.59 Å². The summed E-state index contributed by atoms with van der Waals surface area (Å²) in [6.45, 7) is 4.03. The zero-order chi connectivity index (χ0) is 20.8. The Labute approximate surface area is 170 Å². The SMILES string of the molecule is COc1ccc(OC)c(N2CCN(C(=O)Nc3ccc(NC(C)=O)cc3)CC2)c1. The van der Waals surface area contributed by atoms with E-state index in [0.29, 0.717) is 37.6 Å². The number of methoxy groups -OCH3 is 2. The van der Waals surface area contributed by atoms with E-state index in [0.717, 1.165) is 17.2 Å². The molecule has 2 N–H and O–H groups in total. The van der Waals surface area contributed by atoms with Gasteiger partial charge in [0.25, 0.3) is 0 Å². The topological polar surface area (TPSA) is 83.1 Å². The first-order valence-electron chi connectivity index (χ1n) is 9.40. The molecule has 0 aromatic heterocycles. The van der Waals surface area contributed by atoms with Gasteiger partial charge in [-0.1, -0.05) is 0 Å². The second-order valence-electron chi connectivity index (χ2n) is 6.70. The molecule has 8 nitrogen and oxygen atoms in total. The molecule has 1 saturated heterocycles. The summed E-state index contributed by atoms with van der Waals surface area (Å²) in [6, 6.07) is 12.6. The van der Waals surface area contributed by atoms with Gasteiger partial charge in [0.05, 0.1) is 19.9 Å². The third-order valence-electron chi connectivity index (χ3n) is 4.75. The summed E-state index contributed by atoms with van der Waals surface area (Å²) in [6.07, 6.45) is 0. The highest BCUT2D eigenvalue weighted by Crippen LogP contribution is 2.32. The molecular weight excluding hydrogens is 372 g/mol. The zero-order valence-electron chi connectivity index (χ0n) is 16.9. The molecule has 0 spiro atoms. The summed E-state index contributed by atoms with van der Waals surface area (Å²) < 4.78 is 10.8. The highest BCUT2D eigenvalue weighted by molar-refractivity contribution is 5.91. The number of hydrogen-bond donors (Lipinski definition) is 2. The Morgan fingerprint density at radius 2 is 1.48 bits per heavy atom. The summed E-state index contributed by atoms with van der Waals surface area (Å²) in [5.41, 5.74) is 2.33. The molecule has 1 aliphatic rings. The number of urea groups is 1. The highest BCUT2D eigenvalue weighted by atomic mass is 16.5. The molecule has 2 aromatic rings. The number of amides is 3. The van der Waals surface area contributed by atoms with Crippen molar-refractivity contribution < 1.29 is 19.1 Å². The first-order chi connectivity index (χ1) is 14.0. The molecule has 1 heterocycles. The summed E-state index contributed by atoms with van der Waals surface area (Å²) >= 11 is 0. The molecule has 0 bridgehead atoms. The van der Waals surface area contributed by atoms with Crippen molar-refractivity contribution in [2.45, 2.75) is 6.92 Å². The average Bonchev–Trinajstić information content (AvgIpc) is 2.74. The van der Waals surface area contributed by atoms with Gasteiger partial charge in [0.1, 0.15) is 11.5 Å². The number of carbonyl (C=O) groups is 2. The molecule has 0 radical (unpaired) electrons. The predicted molar refractivity (Wildman–Crippen MR) is 113 cm³/mol. The fraction of sp³-hybridized carbons (Fsp3) is 0.333. The third-order valence-corrected chi connectivity index (χ3v) is 4.75. The summed E-state index contributed by atoms with van der Waals surface area (Å²) in [5, 5.41) is 5.60. The highest BCUT2D eigenvalue weighted by Gasteiger charge is 2.23. The number of carbonyl (C=O) groups excluding carboxylic acids is 2. The van der Waals surface area contributed by atoms with Gasteiger partial charge in [-0.15, -0.1) is 0 Å². The van der Waals surface area contributed by atoms with Gasteiger partial charge in [0.15, 0.2) is 0 Å². The molecule has 3 rings (SSSR count). The molecule has 2 aromatic carbocycles. The quantitative estimate of drug-likeness (QED) is 0.809. The summed E-state index contributed by atoms with van der Waals surface area (Å²) in [7, 11) is 3.28. The van der Waals surface area contributed by atoms with Crippen LogP contribution < -0.4 is 25.0 Å². The Bertz CT molecular complexity index is 861. The first-order valence-corrected chi connectivity index (χ1v) is 9.40. The number of anilines is 3. The van der Waals surface area contributed by atoms with Gasteiger partial charge in [-0.2, -0.15) is 0 Å². The molecule has 154 valence electrons. The van der Waals surface area contributed by atoms with E-state index < -0.39 is 0 Å². The standard InChI is InChI=1S/C21H26N4O4/c1-15(26)22-16-4-6-17(7-5-16)23-21(27)25-12-10-24(11-13-25)19-14-18(28-2)8-9-20(19)29-3/h4-9,14H,10-13H2,1-3H3,(H,22,26)(H,23,27). The number of nitrogens with one attached hydrogen (secondary N) is 2. The zero-order valence-corrected chi connectivity index (χ0v) is 16.9. The molecule has 8 heteroatoms. The van der Waals surface area contributed by atoms with Crippen molar-refractivity contribution in [1.29, 1.82) is 0 Å². The van der Waals surface area contributed by atoms with E-state index in [1.165, 1.54) is 6.92 Å². The predicted octanol–water partition coefficient (Wildman–Crippen LogP) is 3.02. The molecular formula is C21H26N4O4. The number of hydrogen-bond acceptors (Lipinski definition) is 5. The van der Waals surface area contributed by atoms with Gasteiger partial charge in [0, 0.05) is 50.5 Å². The van der Waals surface area contributed by atoms with Crippen LogP contribution in [0.5, 0.6) is 11.5 Å². The molecule has 1 fully saturated rings. The molecule has 29 heavy (non-hydrogen) atoms. The van der Waals surface area contributed by atoms with Crippen LogP contribution in [0, 0.1) is 0 Å². The van der Waals surface area contributed by atoms with E-state index in [2.05, 4.69) is 15.5 Å². The number of benzene rings is 2. The van der Waals surface area contributed by atoms with Crippen molar-refractivity contribution in [3.05, 3.63) is 42.5 Å². The van der Waals surface area contributed by atoms with Crippen LogP contribution in [-0.4, -0.2) is 57.2 Å². The number of piperazine rings is 1. The largest absolute Gasteiger partial charge is 0.497 e. The van der Waals surface area contributed by atoms with Crippen LogP contribution in [-0.2, 0) is 4.79 Å². The van der Waals surface area contributed by atoms with Crippen molar-refractivity contribution in [3.63, 3.8) is 0 Å². The van der Waals surface area contributed by atoms with Gasteiger partial charge in [-0.3, -0.25) is 4.79 Å². The smallest absolute Gasteiger partial charge is 0.321 e. The van der Waals surface area contributed by atoms with Crippen LogP contribution in [0.15, 0.2) is 42.5 Å². The van der Waals surface area contributed by atoms with E-state index in [1.807, 2.05) is 18.2 Å². The van der Waals surface area contributed by atoms with E-state index in [1.54, 1.807) is 43.4 Å². The van der Waals surface area contributed by atoms with Gasteiger partial charge in [-0.05, 0) is 36.4 Å². The molecule has 1 aliphatic heterocycles. The fourth-order valence-electron chi connectivity index (χ4n) is 3.24. The lowest BCUT2D eigenvalue weighted by Crippen LogP contribution is -2.50. The Kier molecular flexibility index (Phi) is 6.43. The van der Waals surface area contributed by atoms with Crippen LogP contribution in [0.3, 0.4) is 0 Å². The Morgan fingerprint density at radius 1 is 0.862 bits per heavy atom. The summed E-state index contributed by atoms with van der Waals surface area (Å²) in [4.78, 5) is 27.6. The first kappa shape index (κ1) is 20.3. The Hall–Kier alpha value is -3.42. The monoisotopic (exact) mass is 398 g/mol. The van der Waals surface area contributed by atoms with Crippen LogP contribution in [0.2, 0.25) is 0 Å². The Morgan fingerprint density at radius 3 is 2.03 bits per heavy atom. The number of nitrogens with zero attached hydrogens (tertiary/aromatic N) is 2. The van der Waals surface area contributed by atoms with Crippen LogP contribution in [0.1, 0.15) is 6.92 Å². The van der Waals surface area contributed by atoms with Crippen molar-refractivity contribution in [3.8, 4) is 11.5 Å². The van der Waals surface area contributed by atoms with Gasteiger partial charge < -0.3 is 29.9 Å².